The Morgan fingerprint density at radius 2 is 2.00 bits per heavy atom. The molecule has 3 rings (SSSR count). The van der Waals surface area contributed by atoms with Crippen LogP contribution in [0.15, 0.2) is 28.9 Å². The summed E-state index contributed by atoms with van der Waals surface area (Å²) in [7, 11) is 0. The molecule has 0 radical (unpaired) electrons. The summed E-state index contributed by atoms with van der Waals surface area (Å²) < 4.78 is 1.02. The molecule has 18 heavy (non-hydrogen) atoms. The molecule has 3 heteroatoms. The molecule has 2 aromatic rings. The number of carbonyl (C=O) groups excluding carboxylic acids is 1. The topological polar surface area (TPSA) is 32.9 Å². The number of hydrogen-bond donors (Lipinski definition) is 1. The summed E-state index contributed by atoms with van der Waals surface area (Å²) >= 11 is 3.47. The Hall–Kier alpha value is -1.09. The van der Waals surface area contributed by atoms with Crippen LogP contribution < -0.4 is 0 Å². The third-order valence-electron chi connectivity index (χ3n) is 3.89. The Bertz CT molecular complexity index is 581. The summed E-state index contributed by atoms with van der Waals surface area (Å²) in [6.45, 7) is 0. The van der Waals surface area contributed by atoms with E-state index in [9.17, 15) is 4.79 Å². The Morgan fingerprint density at radius 3 is 2.78 bits per heavy atom. The van der Waals surface area contributed by atoms with Gasteiger partial charge in [0.15, 0.2) is 5.78 Å². The van der Waals surface area contributed by atoms with E-state index in [2.05, 4.69) is 20.9 Å². The van der Waals surface area contributed by atoms with Gasteiger partial charge in [0.2, 0.25) is 0 Å². The molecule has 0 saturated heterocycles. The maximum atomic E-state index is 12.6. The zero-order valence-electron chi connectivity index (χ0n) is 10.2. The van der Waals surface area contributed by atoms with Crippen molar-refractivity contribution in [3.63, 3.8) is 0 Å². The van der Waals surface area contributed by atoms with E-state index in [1.165, 1.54) is 19.3 Å². The molecule has 1 aliphatic rings. The quantitative estimate of drug-likeness (QED) is 0.802. The third kappa shape index (κ3) is 2.12. The van der Waals surface area contributed by atoms with Crippen molar-refractivity contribution in [2.75, 3.05) is 0 Å². The zero-order chi connectivity index (χ0) is 12.5. The average Bonchev–Trinajstić information content (AvgIpc) is 2.82. The normalized spacial score (nSPS) is 17.2. The Morgan fingerprint density at radius 1 is 1.22 bits per heavy atom. The second-order valence-corrected chi connectivity index (χ2v) is 6.01. The van der Waals surface area contributed by atoms with Crippen LogP contribution in [0.25, 0.3) is 10.9 Å². The van der Waals surface area contributed by atoms with E-state index in [0.29, 0.717) is 5.78 Å². The van der Waals surface area contributed by atoms with Gasteiger partial charge in [-0.1, -0.05) is 35.2 Å². The number of fused-ring (bicyclic) bond motifs is 1. The minimum absolute atomic E-state index is 0.233. The third-order valence-corrected chi connectivity index (χ3v) is 4.38. The van der Waals surface area contributed by atoms with Crippen molar-refractivity contribution in [1.82, 2.24) is 4.98 Å². The smallest absolute Gasteiger partial charge is 0.168 e. The van der Waals surface area contributed by atoms with E-state index in [1.54, 1.807) is 0 Å². The second kappa shape index (κ2) is 4.88. The van der Waals surface area contributed by atoms with Crippen LogP contribution >= 0.6 is 15.9 Å². The van der Waals surface area contributed by atoms with Crippen LogP contribution in [-0.2, 0) is 0 Å². The molecule has 0 amide bonds. The molecular formula is C15H16BrNO. The first-order valence-electron chi connectivity index (χ1n) is 6.56. The molecule has 94 valence electrons. The van der Waals surface area contributed by atoms with E-state index in [0.717, 1.165) is 33.8 Å². The molecule has 0 spiro atoms. The summed E-state index contributed by atoms with van der Waals surface area (Å²) in [5.74, 6) is 0.552. The lowest BCUT2D eigenvalue weighted by Crippen LogP contribution is -2.17. The van der Waals surface area contributed by atoms with Gasteiger partial charge in [-0.2, -0.15) is 0 Å². The highest BCUT2D eigenvalue weighted by atomic mass is 79.9. The first-order valence-corrected chi connectivity index (χ1v) is 7.36. The number of Topliss-reactive ketones (excluding diaryl/α,β-unsaturated/α-hetero) is 1. The molecule has 1 fully saturated rings. The highest BCUT2D eigenvalue weighted by Crippen LogP contribution is 2.30. The number of aromatic amines is 1. The minimum atomic E-state index is 0.233. The van der Waals surface area contributed by atoms with Gasteiger partial charge in [0.25, 0.3) is 0 Å². The number of benzene rings is 1. The lowest BCUT2D eigenvalue weighted by Gasteiger charge is -2.19. The molecule has 0 bridgehead atoms. The predicted molar refractivity (Wildman–Crippen MR) is 76.9 cm³/mol. The molecule has 1 aromatic heterocycles. The first kappa shape index (κ1) is 12.0. The molecule has 2 nitrogen and oxygen atoms in total. The fourth-order valence-electron chi connectivity index (χ4n) is 2.88. The summed E-state index contributed by atoms with van der Waals surface area (Å²) in [6, 6.07) is 6.03. The van der Waals surface area contributed by atoms with Crippen LogP contribution in [-0.4, -0.2) is 10.8 Å². The van der Waals surface area contributed by atoms with Gasteiger partial charge in [0.05, 0.1) is 0 Å². The van der Waals surface area contributed by atoms with Crippen LogP contribution in [0.4, 0.5) is 0 Å². The van der Waals surface area contributed by atoms with Crippen molar-refractivity contribution in [3.05, 3.63) is 34.4 Å². The van der Waals surface area contributed by atoms with E-state index in [4.69, 9.17) is 0 Å². The largest absolute Gasteiger partial charge is 0.360 e. The van der Waals surface area contributed by atoms with Gasteiger partial charge >= 0.3 is 0 Å². The van der Waals surface area contributed by atoms with Gasteiger partial charge in [0.1, 0.15) is 0 Å². The number of nitrogens with one attached hydrogen (secondary N) is 1. The predicted octanol–water partition coefficient (Wildman–Crippen LogP) is 4.69. The molecule has 1 saturated carbocycles. The van der Waals surface area contributed by atoms with E-state index in [1.807, 2.05) is 24.4 Å². The average molecular weight is 306 g/mol. The number of ketones is 1. The lowest BCUT2D eigenvalue weighted by molar-refractivity contribution is 0.0891. The Balaban J connectivity index is 1.98. The summed E-state index contributed by atoms with van der Waals surface area (Å²) in [6.07, 6.45) is 7.65. The number of carbonyl (C=O) groups is 1. The molecule has 0 unspecified atom stereocenters. The second-order valence-electron chi connectivity index (χ2n) is 5.09. The van der Waals surface area contributed by atoms with Gasteiger partial charge in [0, 0.05) is 33.1 Å². The minimum Gasteiger partial charge on any atom is -0.360 e. The molecule has 0 atom stereocenters. The summed E-state index contributed by atoms with van der Waals surface area (Å²) in [4.78, 5) is 15.7. The van der Waals surface area contributed by atoms with Gasteiger partial charge in [-0.25, -0.2) is 0 Å². The lowest BCUT2D eigenvalue weighted by atomic mass is 9.84. The van der Waals surface area contributed by atoms with Gasteiger partial charge in [-0.3, -0.25) is 4.79 Å². The maximum Gasteiger partial charge on any atom is 0.168 e. The number of rotatable bonds is 2. The molecule has 1 aliphatic carbocycles. The Kier molecular flexibility index (Phi) is 3.25. The first-order chi connectivity index (χ1) is 8.75. The Labute approximate surface area is 115 Å². The molecule has 1 heterocycles. The fraction of sp³-hybridized carbons (Fsp3) is 0.400. The van der Waals surface area contributed by atoms with Crippen LogP contribution in [0.3, 0.4) is 0 Å². The molecule has 1 aromatic carbocycles. The molecule has 0 aliphatic heterocycles. The van der Waals surface area contributed by atoms with E-state index in [-0.39, 0.29) is 5.92 Å². The molecular weight excluding hydrogens is 290 g/mol. The molecule has 1 N–H and O–H groups in total. The highest BCUT2D eigenvalue weighted by Gasteiger charge is 2.24. The fourth-order valence-corrected chi connectivity index (χ4v) is 3.24. The SMILES string of the molecule is O=C(c1c[nH]c2ccc(Br)cc12)C1CCCCC1. The van der Waals surface area contributed by atoms with Crippen LogP contribution in [0, 0.1) is 5.92 Å². The number of H-pyrrole nitrogens is 1. The standard InChI is InChI=1S/C15H16BrNO/c16-11-6-7-14-12(8-11)13(9-17-14)15(18)10-4-2-1-3-5-10/h6-10,17H,1-5H2. The van der Waals surface area contributed by atoms with Crippen molar-refractivity contribution in [1.29, 1.82) is 0 Å². The van der Waals surface area contributed by atoms with Crippen molar-refractivity contribution >= 4 is 32.6 Å². The van der Waals surface area contributed by atoms with Crippen molar-refractivity contribution in [2.45, 2.75) is 32.1 Å². The van der Waals surface area contributed by atoms with Gasteiger partial charge in [-0.15, -0.1) is 0 Å². The van der Waals surface area contributed by atoms with Crippen molar-refractivity contribution in [2.24, 2.45) is 5.92 Å². The number of aromatic nitrogens is 1. The van der Waals surface area contributed by atoms with Gasteiger partial charge in [-0.05, 0) is 31.0 Å². The number of hydrogen-bond acceptors (Lipinski definition) is 1. The summed E-state index contributed by atoms with van der Waals surface area (Å²) in [5.41, 5.74) is 1.90. The monoisotopic (exact) mass is 305 g/mol. The zero-order valence-corrected chi connectivity index (χ0v) is 11.8. The van der Waals surface area contributed by atoms with Crippen LogP contribution in [0.2, 0.25) is 0 Å². The van der Waals surface area contributed by atoms with Gasteiger partial charge < -0.3 is 4.98 Å². The number of halogens is 1. The highest BCUT2D eigenvalue weighted by molar-refractivity contribution is 9.10. The summed E-state index contributed by atoms with van der Waals surface area (Å²) in [5, 5.41) is 1.04. The van der Waals surface area contributed by atoms with E-state index >= 15 is 0 Å². The van der Waals surface area contributed by atoms with Crippen LogP contribution in [0.5, 0.6) is 0 Å². The maximum absolute atomic E-state index is 12.6. The van der Waals surface area contributed by atoms with E-state index < -0.39 is 0 Å². The van der Waals surface area contributed by atoms with Crippen molar-refractivity contribution in [3.8, 4) is 0 Å². The van der Waals surface area contributed by atoms with Crippen molar-refractivity contribution < 1.29 is 4.79 Å². The van der Waals surface area contributed by atoms with Crippen LogP contribution in [0.1, 0.15) is 42.5 Å².